The normalized spacial score (nSPS) is 17.7. The van der Waals surface area contributed by atoms with Gasteiger partial charge in [0.05, 0.1) is 11.4 Å². The van der Waals surface area contributed by atoms with E-state index in [1.807, 2.05) is 26.0 Å². The fourth-order valence-electron chi connectivity index (χ4n) is 2.94. The number of aliphatic imine (C=N–C) groups is 1. The van der Waals surface area contributed by atoms with Crippen molar-refractivity contribution >= 4 is 44.5 Å². The van der Waals surface area contributed by atoms with Crippen LogP contribution in [0.1, 0.15) is 17.5 Å². The van der Waals surface area contributed by atoms with Gasteiger partial charge in [0.2, 0.25) is 5.91 Å². The van der Waals surface area contributed by atoms with Crippen molar-refractivity contribution in [3.63, 3.8) is 0 Å². The third kappa shape index (κ3) is 5.05. The molecule has 0 bridgehead atoms. The van der Waals surface area contributed by atoms with Crippen LogP contribution in [0.25, 0.3) is 0 Å². The van der Waals surface area contributed by atoms with Crippen LogP contribution in [0.4, 0.5) is 5.69 Å². The van der Waals surface area contributed by atoms with E-state index in [1.165, 1.54) is 18.2 Å². The Hall–Kier alpha value is -2.91. The van der Waals surface area contributed by atoms with Crippen molar-refractivity contribution in [3.05, 3.63) is 72.3 Å². The van der Waals surface area contributed by atoms with Gasteiger partial charge in [-0.25, -0.2) is 8.42 Å². The van der Waals surface area contributed by atoms with Gasteiger partial charge in [0.1, 0.15) is 5.25 Å². The molecule has 0 radical (unpaired) electrons. The number of amidine groups is 1. The van der Waals surface area contributed by atoms with Gasteiger partial charge in [0.25, 0.3) is 15.9 Å². The van der Waals surface area contributed by atoms with Gasteiger partial charge < -0.3 is 5.32 Å². The summed E-state index contributed by atoms with van der Waals surface area (Å²) in [5, 5.41) is 1.92. The minimum Gasteiger partial charge on any atom is -0.326 e. The highest BCUT2D eigenvalue weighted by molar-refractivity contribution is 8.17. The molecule has 1 aliphatic rings. The number of aryl methyl sites for hydroxylation is 2. The number of hydrogen-bond donors (Lipinski definition) is 1. The topological polar surface area (TPSA) is 95.9 Å². The highest BCUT2D eigenvalue weighted by atomic mass is 32.2. The molecule has 0 aromatic heterocycles. The van der Waals surface area contributed by atoms with Gasteiger partial charge in [0, 0.05) is 12.1 Å². The van der Waals surface area contributed by atoms with Crippen LogP contribution < -0.4 is 5.32 Å². The molecule has 1 saturated heterocycles. The van der Waals surface area contributed by atoms with Crippen LogP contribution in [0.2, 0.25) is 0 Å². The quantitative estimate of drug-likeness (QED) is 0.642. The summed E-state index contributed by atoms with van der Waals surface area (Å²) in [5.41, 5.74) is 2.43. The van der Waals surface area contributed by atoms with E-state index in [1.54, 1.807) is 24.3 Å². The first-order chi connectivity index (χ1) is 14.7. The molecule has 31 heavy (non-hydrogen) atoms. The molecule has 1 atom stereocenters. The molecule has 1 aliphatic heterocycles. The fourth-order valence-corrected chi connectivity index (χ4v) is 5.78. The lowest BCUT2D eigenvalue weighted by atomic mass is 10.2. The molecule has 3 rings (SSSR count). The van der Waals surface area contributed by atoms with Crippen molar-refractivity contribution in [1.82, 2.24) is 4.31 Å². The molecule has 1 heterocycles. The molecule has 0 aliphatic carbocycles. The van der Waals surface area contributed by atoms with E-state index in [0.717, 1.165) is 22.9 Å². The molecule has 1 N–H and O–H groups in total. The number of benzene rings is 2. The second kappa shape index (κ2) is 9.49. The second-order valence-electron chi connectivity index (χ2n) is 7.01. The monoisotopic (exact) mass is 457 g/mol. The number of thioether (sulfide) groups is 1. The van der Waals surface area contributed by atoms with Crippen molar-refractivity contribution in [1.29, 1.82) is 0 Å². The van der Waals surface area contributed by atoms with E-state index in [2.05, 4.69) is 16.9 Å². The summed E-state index contributed by atoms with van der Waals surface area (Å²) in [7, 11) is -4.15. The Morgan fingerprint density at radius 1 is 1.19 bits per heavy atom. The zero-order chi connectivity index (χ0) is 22.6. The summed E-state index contributed by atoms with van der Waals surface area (Å²) in [5.74, 6) is -1.06. The Balaban J connectivity index is 1.85. The third-order valence-corrected chi connectivity index (χ3v) is 7.59. The van der Waals surface area contributed by atoms with Crippen LogP contribution in [0.5, 0.6) is 0 Å². The van der Waals surface area contributed by atoms with Gasteiger partial charge in [-0.05, 0) is 37.6 Å². The Kier molecular flexibility index (Phi) is 6.97. The molecule has 0 saturated carbocycles. The van der Waals surface area contributed by atoms with Crippen LogP contribution in [-0.2, 0) is 19.6 Å². The molecular formula is C22H23N3O4S2. The summed E-state index contributed by atoms with van der Waals surface area (Å²) in [6.07, 6.45) is 1.33. The number of nitrogens with zero attached hydrogens (tertiary/aromatic N) is 2. The molecule has 7 nitrogen and oxygen atoms in total. The second-order valence-corrected chi connectivity index (χ2v) is 9.96. The Morgan fingerprint density at radius 2 is 1.87 bits per heavy atom. The van der Waals surface area contributed by atoms with E-state index in [9.17, 15) is 18.0 Å². The smallest absolute Gasteiger partial charge is 0.272 e. The van der Waals surface area contributed by atoms with E-state index < -0.39 is 21.2 Å². The highest BCUT2D eigenvalue weighted by Crippen LogP contribution is 2.34. The lowest BCUT2D eigenvalue weighted by Crippen LogP contribution is -2.38. The average Bonchev–Trinajstić information content (AvgIpc) is 3.04. The van der Waals surface area contributed by atoms with Crippen LogP contribution >= 0.6 is 11.8 Å². The van der Waals surface area contributed by atoms with E-state index in [4.69, 9.17) is 0 Å². The first-order valence-electron chi connectivity index (χ1n) is 9.57. The molecule has 0 spiro atoms. The number of anilines is 1. The Morgan fingerprint density at radius 3 is 2.52 bits per heavy atom. The molecule has 2 amide bonds. The number of hydrogen-bond acceptors (Lipinski definition) is 6. The predicted octanol–water partition coefficient (Wildman–Crippen LogP) is 3.51. The Bertz CT molecular complexity index is 1140. The largest absolute Gasteiger partial charge is 0.326 e. The fraction of sp³-hybridized carbons (Fsp3) is 0.227. The Labute approximate surface area is 186 Å². The molecule has 9 heteroatoms. The molecule has 1 fully saturated rings. The maximum atomic E-state index is 13.2. The number of carbonyl (C=O) groups is 2. The number of amides is 2. The first kappa shape index (κ1) is 22.8. The van der Waals surface area contributed by atoms with Crippen LogP contribution in [0, 0.1) is 13.8 Å². The van der Waals surface area contributed by atoms with E-state index >= 15 is 0 Å². The van der Waals surface area contributed by atoms with Crippen LogP contribution in [0.3, 0.4) is 0 Å². The molecule has 1 unspecified atom stereocenters. The zero-order valence-electron chi connectivity index (χ0n) is 17.2. The third-order valence-electron chi connectivity index (χ3n) is 4.60. The lowest BCUT2D eigenvalue weighted by molar-refractivity contribution is -0.125. The number of rotatable bonds is 7. The predicted molar refractivity (Wildman–Crippen MR) is 124 cm³/mol. The van der Waals surface area contributed by atoms with Crippen molar-refractivity contribution < 1.29 is 18.0 Å². The summed E-state index contributed by atoms with van der Waals surface area (Å²) in [6, 6.07) is 13.5. The van der Waals surface area contributed by atoms with Gasteiger partial charge in [0.15, 0.2) is 5.17 Å². The van der Waals surface area contributed by atoms with Crippen molar-refractivity contribution in [2.45, 2.75) is 30.4 Å². The first-order valence-corrected chi connectivity index (χ1v) is 11.9. The van der Waals surface area contributed by atoms with E-state index in [0.29, 0.717) is 9.99 Å². The molecule has 2 aromatic carbocycles. The standard InChI is InChI=1S/C22H23N3O4S2/c1-4-13-23-22-25(31(28,29)17-11-9-15(2)10-12-17)21(27)19(30-22)14-20(26)24-18-8-6-5-7-16(18)3/h4-12,19H,1,13-14H2,2-3H3,(H,24,26). The summed E-state index contributed by atoms with van der Waals surface area (Å²) in [4.78, 5) is 29.8. The maximum absolute atomic E-state index is 13.2. The number of sulfonamides is 1. The zero-order valence-corrected chi connectivity index (χ0v) is 18.9. The van der Waals surface area contributed by atoms with Crippen LogP contribution in [-0.4, -0.2) is 41.5 Å². The maximum Gasteiger partial charge on any atom is 0.272 e. The van der Waals surface area contributed by atoms with Crippen molar-refractivity contribution in [2.24, 2.45) is 4.99 Å². The van der Waals surface area contributed by atoms with Crippen molar-refractivity contribution in [2.75, 3.05) is 11.9 Å². The van der Waals surface area contributed by atoms with Gasteiger partial charge in [-0.3, -0.25) is 14.6 Å². The summed E-state index contributed by atoms with van der Waals surface area (Å²) >= 11 is 0.973. The minimum atomic E-state index is -4.15. The van der Waals surface area contributed by atoms with Gasteiger partial charge in [-0.15, -0.1) is 6.58 Å². The van der Waals surface area contributed by atoms with Gasteiger partial charge in [-0.1, -0.05) is 53.7 Å². The SMILES string of the molecule is C=CCN=C1SC(CC(=O)Nc2ccccc2C)C(=O)N1S(=O)(=O)c1ccc(C)cc1. The van der Waals surface area contributed by atoms with E-state index in [-0.39, 0.29) is 28.9 Å². The average molecular weight is 458 g/mol. The molecule has 2 aromatic rings. The van der Waals surface area contributed by atoms with Gasteiger partial charge in [-0.2, -0.15) is 4.31 Å². The lowest BCUT2D eigenvalue weighted by Gasteiger charge is -2.17. The minimum absolute atomic E-state index is 0.0108. The van der Waals surface area contributed by atoms with Crippen molar-refractivity contribution in [3.8, 4) is 0 Å². The highest BCUT2D eigenvalue weighted by Gasteiger charge is 2.46. The number of para-hydroxylation sites is 1. The number of nitrogens with one attached hydrogen (secondary N) is 1. The molecular weight excluding hydrogens is 434 g/mol. The number of carbonyl (C=O) groups excluding carboxylic acids is 2. The van der Waals surface area contributed by atoms with Gasteiger partial charge >= 0.3 is 0 Å². The summed E-state index contributed by atoms with van der Waals surface area (Å²) < 4.78 is 27.1. The van der Waals surface area contributed by atoms with Crippen LogP contribution in [0.15, 0.2) is 71.1 Å². The molecule has 162 valence electrons. The summed E-state index contributed by atoms with van der Waals surface area (Å²) in [6.45, 7) is 7.44.